The molecule has 0 N–H and O–H groups in total. The SMILES string of the molecule is CC(C)CC(Cc1ccccc1)CC(C)C. The topological polar surface area (TPSA) is 0 Å². The van der Waals surface area contributed by atoms with Crippen LogP contribution in [0.5, 0.6) is 0 Å². The van der Waals surface area contributed by atoms with Gasteiger partial charge in [-0.15, -0.1) is 0 Å². The summed E-state index contributed by atoms with van der Waals surface area (Å²) in [5.41, 5.74) is 1.49. The maximum atomic E-state index is 2.33. The first-order valence-corrected chi connectivity index (χ1v) is 6.61. The maximum Gasteiger partial charge on any atom is -0.0250 e. The Labute approximate surface area is 101 Å². The highest BCUT2D eigenvalue weighted by atomic mass is 14.2. The summed E-state index contributed by atoms with van der Waals surface area (Å²) in [5, 5.41) is 0. The molecule has 0 aromatic heterocycles. The minimum Gasteiger partial charge on any atom is -0.0628 e. The summed E-state index contributed by atoms with van der Waals surface area (Å²) in [5.74, 6) is 2.47. The Bertz CT molecular complexity index is 261. The molecular formula is C16H26. The Morgan fingerprint density at radius 3 is 1.75 bits per heavy atom. The van der Waals surface area contributed by atoms with Crippen LogP contribution in [0.15, 0.2) is 30.3 Å². The fourth-order valence-electron chi connectivity index (χ4n) is 2.54. The number of hydrogen-bond acceptors (Lipinski definition) is 0. The lowest BCUT2D eigenvalue weighted by molar-refractivity contribution is 0.341. The van der Waals surface area contributed by atoms with Gasteiger partial charge < -0.3 is 0 Å². The van der Waals surface area contributed by atoms with Crippen molar-refractivity contribution in [2.45, 2.75) is 47.0 Å². The highest BCUT2D eigenvalue weighted by molar-refractivity contribution is 5.15. The molecule has 1 aromatic rings. The first-order valence-electron chi connectivity index (χ1n) is 6.61. The summed E-state index contributed by atoms with van der Waals surface area (Å²) < 4.78 is 0. The van der Waals surface area contributed by atoms with E-state index in [-0.39, 0.29) is 0 Å². The van der Waals surface area contributed by atoms with E-state index in [4.69, 9.17) is 0 Å². The van der Waals surface area contributed by atoms with Crippen molar-refractivity contribution in [3.05, 3.63) is 35.9 Å². The van der Waals surface area contributed by atoms with Crippen LogP contribution in [0, 0.1) is 17.8 Å². The largest absolute Gasteiger partial charge is 0.0628 e. The molecule has 0 bridgehead atoms. The Hall–Kier alpha value is -0.780. The fourth-order valence-corrected chi connectivity index (χ4v) is 2.54. The number of hydrogen-bond donors (Lipinski definition) is 0. The minimum absolute atomic E-state index is 0.812. The highest BCUT2D eigenvalue weighted by Crippen LogP contribution is 2.23. The van der Waals surface area contributed by atoms with Gasteiger partial charge in [0.2, 0.25) is 0 Å². The average molecular weight is 218 g/mol. The Morgan fingerprint density at radius 1 is 0.812 bits per heavy atom. The van der Waals surface area contributed by atoms with E-state index in [2.05, 4.69) is 58.0 Å². The molecule has 0 radical (unpaired) electrons. The van der Waals surface area contributed by atoms with Gasteiger partial charge in [0.05, 0.1) is 0 Å². The second-order valence-electron chi connectivity index (χ2n) is 5.81. The van der Waals surface area contributed by atoms with E-state index < -0.39 is 0 Å². The summed E-state index contributed by atoms with van der Waals surface area (Å²) in [7, 11) is 0. The zero-order valence-corrected chi connectivity index (χ0v) is 11.2. The summed E-state index contributed by atoms with van der Waals surface area (Å²) in [6.07, 6.45) is 3.96. The molecule has 16 heavy (non-hydrogen) atoms. The van der Waals surface area contributed by atoms with Crippen molar-refractivity contribution >= 4 is 0 Å². The van der Waals surface area contributed by atoms with E-state index in [1.54, 1.807) is 0 Å². The molecule has 0 saturated carbocycles. The van der Waals surface area contributed by atoms with E-state index in [0.717, 1.165) is 17.8 Å². The molecule has 90 valence electrons. The average Bonchev–Trinajstić information content (AvgIpc) is 2.16. The monoisotopic (exact) mass is 218 g/mol. The molecular weight excluding hydrogens is 192 g/mol. The van der Waals surface area contributed by atoms with Gasteiger partial charge in [-0.2, -0.15) is 0 Å². The van der Waals surface area contributed by atoms with Crippen molar-refractivity contribution < 1.29 is 0 Å². The van der Waals surface area contributed by atoms with Crippen molar-refractivity contribution in [1.82, 2.24) is 0 Å². The van der Waals surface area contributed by atoms with Gasteiger partial charge in [-0.3, -0.25) is 0 Å². The smallest absolute Gasteiger partial charge is 0.0250 e. The Morgan fingerprint density at radius 2 is 1.31 bits per heavy atom. The van der Waals surface area contributed by atoms with Crippen LogP contribution in [-0.2, 0) is 6.42 Å². The Balaban J connectivity index is 2.56. The molecule has 0 atom stereocenters. The van der Waals surface area contributed by atoms with E-state index in [0.29, 0.717) is 0 Å². The zero-order valence-electron chi connectivity index (χ0n) is 11.2. The van der Waals surface area contributed by atoms with Gasteiger partial charge in [0.25, 0.3) is 0 Å². The number of benzene rings is 1. The maximum absolute atomic E-state index is 2.33. The second kappa shape index (κ2) is 6.73. The van der Waals surface area contributed by atoms with Crippen LogP contribution in [0.25, 0.3) is 0 Å². The molecule has 0 heterocycles. The molecule has 1 rings (SSSR count). The van der Waals surface area contributed by atoms with E-state index in [1.165, 1.54) is 24.8 Å². The zero-order chi connectivity index (χ0) is 12.0. The van der Waals surface area contributed by atoms with Crippen molar-refractivity contribution in [3.8, 4) is 0 Å². The lowest BCUT2D eigenvalue weighted by Crippen LogP contribution is -2.11. The number of rotatable bonds is 6. The van der Waals surface area contributed by atoms with Gasteiger partial charge in [-0.1, -0.05) is 58.0 Å². The standard InChI is InChI=1S/C16H26/c1-13(2)10-16(11-14(3)4)12-15-8-6-5-7-9-15/h5-9,13-14,16H,10-12H2,1-4H3. The van der Waals surface area contributed by atoms with Crippen molar-refractivity contribution in [2.75, 3.05) is 0 Å². The van der Waals surface area contributed by atoms with Crippen molar-refractivity contribution in [3.63, 3.8) is 0 Å². The van der Waals surface area contributed by atoms with Crippen LogP contribution < -0.4 is 0 Å². The lowest BCUT2D eigenvalue weighted by atomic mass is 9.85. The summed E-state index contributed by atoms with van der Waals surface area (Å²) >= 11 is 0. The van der Waals surface area contributed by atoms with E-state index in [9.17, 15) is 0 Å². The first kappa shape index (κ1) is 13.3. The molecule has 0 aliphatic heterocycles. The van der Waals surface area contributed by atoms with Crippen molar-refractivity contribution in [1.29, 1.82) is 0 Å². The van der Waals surface area contributed by atoms with E-state index >= 15 is 0 Å². The summed E-state index contributed by atoms with van der Waals surface area (Å²) in [6.45, 7) is 9.33. The van der Waals surface area contributed by atoms with Crippen LogP contribution in [0.2, 0.25) is 0 Å². The normalized spacial score (nSPS) is 11.7. The third-order valence-corrected chi connectivity index (χ3v) is 2.98. The van der Waals surface area contributed by atoms with Crippen LogP contribution >= 0.6 is 0 Å². The molecule has 1 aromatic carbocycles. The molecule has 0 fully saturated rings. The summed E-state index contributed by atoms with van der Waals surface area (Å²) in [6, 6.07) is 10.9. The molecule has 0 aliphatic carbocycles. The van der Waals surface area contributed by atoms with Gasteiger partial charge >= 0.3 is 0 Å². The third kappa shape index (κ3) is 5.34. The van der Waals surface area contributed by atoms with Gasteiger partial charge in [-0.05, 0) is 42.6 Å². The lowest BCUT2D eigenvalue weighted by Gasteiger charge is -2.21. The third-order valence-electron chi connectivity index (χ3n) is 2.98. The van der Waals surface area contributed by atoms with Gasteiger partial charge in [0.1, 0.15) is 0 Å². The minimum atomic E-state index is 0.812. The highest BCUT2D eigenvalue weighted by Gasteiger charge is 2.13. The molecule has 0 aliphatic rings. The molecule has 0 amide bonds. The molecule has 0 saturated heterocycles. The molecule has 0 heteroatoms. The predicted octanol–water partition coefficient (Wildman–Crippen LogP) is 4.94. The van der Waals surface area contributed by atoms with E-state index in [1.807, 2.05) is 0 Å². The van der Waals surface area contributed by atoms with Crippen LogP contribution in [0.1, 0.15) is 46.1 Å². The van der Waals surface area contributed by atoms with Gasteiger partial charge in [-0.25, -0.2) is 0 Å². The van der Waals surface area contributed by atoms with Crippen LogP contribution in [0.4, 0.5) is 0 Å². The molecule has 0 nitrogen and oxygen atoms in total. The van der Waals surface area contributed by atoms with Crippen LogP contribution in [-0.4, -0.2) is 0 Å². The molecule has 0 spiro atoms. The first-order chi connectivity index (χ1) is 7.58. The molecule has 0 unspecified atom stereocenters. The fraction of sp³-hybridized carbons (Fsp3) is 0.625. The van der Waals surface area contributed by atoms with Gasteiger partial charge in [0.15, 0.2) is 0 Å². The Kier molecular flexibility index (Phi) is 5.59. The quantitative estimate of drug-likeness (QED) is 0.634. The predicted molar refractivity (Wildman–Crippen MR) is 72.5 cm³/mol. The van der Waals surface area contributed by atoms with Gasteiger partial charge in [0, 0.05) is 0 Å². The summed E-state index contributed by atoms with van der Waals surface area (Å²) in [4.78, 5) is 0. The van der Waals surface area contributed by atoms with Crippen molar-refractivity contribution in [2.24, 2.45) is 17.8 Å². The second-order valence-corrected chi connectivity index (χ2v) is 5.81. The van der Waals surface area contributed by atoms with Crippen LogP contribution in [0.3, 0.4) is 0 Å².